The zero-order chi connectivity index (χ0) is 12.3. The summed E-state index contributed by atoms with van der Waals surface area (Å²) >= 11 is 1.69. The summed E-state index contributed by atoms with van der Waals surface area (Å²) in [4.78, 5) is 4.47. The number of nitrogen functional groups attached to an aromatic ring is 1. The molecule has 3 N–H and O–H groups in total. The van der Waals surface area contributed by atoms with E-state index in [1.807, 2.05) is 31.2 Å². The molecule has 1 atom stereocenters. The van der Waals surface area contributed by atoms with Crippen molar-refractivity contribution < 1.29 is 0 Å². The summed E-state index contributed by atoms with van der Waals surface area (Å²) in [7, 11) is 0. The SMILES string of the molecule is Cc1csc(C(C)NCc2ccccc2N)n1. The van der Waals surface area contributed by atoms with Gasteiger partial charge in [-0.15, -0.1) is 11.3 Å². The molecule has 0 radical (unpaired) electrons. The van der Waals surface area contributed by atoms with Crippen molar-refractivity contribution in [1.29, 1.82) is 0 Å². The molecule has 1 aromatic carbocycles. The van der Waals surface area contributed by atoms with Gasteiger partial charge in [0.1, 0.15) is 5.01 Å². The van der Waals surface area contributed by atoms with E-state index in [1.54, 1.807) is 11.3 Å². The smallest absolute Gasteiger partial charge is 0.110 e. The number of nitrogens with zero attached hydrogens (tertiary/aromatic N) is 1. The maximum absolute atomic E-state index is 5.90. The van der Waals surface area contributed by atoms with Crippen molar-refractivity contribution in [3.63, 3.8) is 0 Å². The van der Waals surface area contributed by atoms with Gasteiger partial charge in [0.25, 0.3) is 0 Å². The van der Waals surface area contributed by atoms with E-state index in [9.17, 15) is 0 Å². The number of hydrogen-bond acceptors (Lipinski definition) is 4. The topological polar surface area (TPSA) is 50.9 Å². The Balaban J connectivity index is 1.97. The van der Waals surface area contributed by atoms with Crippen LogP contribution < -0.4 is 11.1 Å². The van der Waals surface area contributed by atoms with Crippen LogP contribution >= 0.6 is 11.3 Å². The Hall–Kier alpha value is -1.39. The first-order valence-corrected chi connectivity index (χ1v) is 6.53. The summed E-state index contributed by atoms with van der Waals surface area (Å²) < 4.78 is 0. The van der Waals surface area contributed by atoms with Crippen LogP contribution in [0.15, 0.2) is 29.6 Å². The predicted octanol–water partition coefficient (Wildman–Crippen LogP) is 2.88. The molecule has 0 aliphatic carbocycles. The predicted molar refractivity (Wildman–Crippen MR) is 73.0 cm³/mol. The van der Waals surface area contributed by atoms with Crippen LogP contribution in [-0.2, 0) is 6.54 Å². The van der Waals surface area contributed by atoms with Crippen LogP contribution in [0.2, 0.25) is 0 Å². The lowest BCUT2D eigenvalue weighted by Gasteiger charge is -2.12. The number of aryl methyl sites for hydroxylation is 1. The Bertz CT molecular complexity index is 493. The second kappa shape index (κ2) is 5.29. The van der Waals surface area contributed by atoms with Gasteiger partial charge in [0.15, 0.2) is 0 Å². The second-order valence-electron chi connectivity index (χ2n) is 4.13. The van der Waals surface area contributed by atoms with Crippen LogP contribution in [0.25, 0.3) is 0 Å². The van der Waals surface area contributed by atoms with Crippen molar-refractivity contribution in [2.45, 2.75) is 26.4 Å². The lowest BCUT2D eigenvalue weighted by molar-refractivity contribution is 0.572. The van der Waals surface area contributed by atoms with Crippen LogP contribution in [0.5, 0.6) is 0 Å². The first kappa shape index (κ1) is 12.1. The number of para-hydroxylation sites is 1. The third-order valence-corrected chi connectivity index (χ3v) is 3.81. The summed E-state index contributed by atoms with van der Waals surface area (Å²) in [5, 5.41) is 6.63. The van der Waals surface area contributed by atoms with E-state index in [0.717, 1.165) is 28.5 Å². The Labute approximate surface area is 106 Å². The van der Waals surface area contributed by atoms with E-state index in [2.05, 4.69) is 22.6 Å². The first-order chi connectivity index (χ1) is 8.16. The molecular formula is C13H17N3S. The van der Waals surface area contributed by atoms with Gasteiger partial charge in [0.2, 0.25) is 0 Å². The molecule has 1 unspecified atom stereocenters. The summed E-state index contributed by atoms with van der Waals surface area (Å²) in [6.45, 7) is 4.91. The van der Waals surface area contributed by atoms with E-state index in [1.165, 1.54) is 0 Å². The van der Waals surface area contributed by atoms with Crippen LogP contribution in [-0.4, -0.2) is 4.98 Å². The molecule has 1 aromatic heterocycles. The maximum Gasteiger partial charge on any atom is 0.110 e. The first-order valence-electron chi connectivity index (χ1n) is 5.65. The quantitative estimate of drug-likeness (QED) is 0.817. The molecule has 4 heteroatoms. The van der Waals surface area contributed by atoms with E-state index in [0.29, 0.717) is 0 Å². The van der Waals surface area contributed by atoms with Crippen molar-refractivity contribution in [3.05, 3.63) is 45.9 Å². The fourth-order valence-electron chi connectivity index (χ4n) is 1.62. The van der Waals surface area contributed by atoms with Gasteiger partial charge >= 0.3 is 0 Å². The van der Waals surface area contributed by atoms with Crippen LogP contribution in [0.4, 0.5) is 5.69 Å². The fourth-order valence-corrected chi connectivity index (χ4v) is 2.44. The number of aromatic nitrogens is 1. The van der Waals surface area contributed by atoms with Crippen molar-refractivity contribution >= 4 is 17.0 Å². The second-order valence-corrected chi connectivity index (χ2v) is 5.02. The molecule has 90 valence electrons. The van der Waals surface area contributed by atoms with E-state index >= 15 is 0 Å². The molecule has 0 spiro atoms. The molecule has 0 aliphatic rings. The van der Waals surface area contributed by atoms with E-state index < -0.39 is 0 Å². The van der Waals surface area contributed by atoms with Crippen LogP contribution in [0.1, 0.15) is 29.2 Å². The lowest BCUT2D eigenvalue weighted by atomic mass is 10.2. The highest BCUT2D eigenvalue weighted by atomic mass is 32.1. The number of anilines is 1. The summed E-state index contributed by atoms with van der Waals surface area (Å²) in [5.41, 5.74) is 8.95. The number of nitrogens with two attached hydrogens (primary N) is 1. The van der Waals surface area contributed by atoms with Crippen LogP contribution in [0, 0.1) is 6.92 Å². The third kappa shape index (κ3) is 3.05. The molecule has 1 heterocycles. The molecule has 0 saturated heterocycles. The summed E-state index contributed by atoms with van der Waals surface area (Å²) in [6.07, 6.45) is 0. The van der Waals surface area contributed by atoms with Gasteiger partial charge < -0.3 is 11.1 Å². The zero-order valence-corrected chi connectivity index (χ0v) is 10.9. The van der Waals surface area contributed by atoms with Gasteiger partial charge in [-0.25, -0.2) is 4.98 Å². The Morgan fingerprint density at radius 2 is 2.18 bits per heavy atom. The van der Waals surface area contributed by atoms with E-state index in [-0.39, 0.29) is 6.04 Å². The minimum atomic E-state index is 0.258. The normalized spacial score (nSPS) is 12.6. The van der Waals surface area contributed by atoms with Crippen LogP contribution in [0.3, 0.4) is 0 Å². The number of thiazole rings is 1. The van der Waals surface area contributed by atoms with Gasteiger partial charge in [-0.3, -0.25) is 0 Å². The van der Waals surface area contributed by atoms with Crippen molar-refractivity contribution in [3.8, 4) is 0 Å². The van der Waals surface area contributed by atoms with Gasteiger partial charge in [-0.2, -0.15) is 0 Å². The van der Waals surface area contributed by atoms with Gasteiger partial charge in [0, 0.05) is 23.3 Å². The van der Waals surface area contributed by atoms with Gasteiger partial charge in [-0.1, -0.05) is 18.2 Å². The Morgan fingerprint density at radius 1 is 1.41 bits per heavy atom. The molecule has 17 heavy (non-hydrogen) atoms. The molecule has 2 rings (SSSR count). The van der Waals surface area contributed by atoms with Gasteiger partial charge in [0.05, 0.1) is 6.04 Å². The standard InChI is InChI=1S/C13H17N3S/c1-9-8-17-13(16-9)10(2)15-7-11-5-3-4-6-12(11)14/h3-6,8,10,15H,7,14H2,1-2H3. The molecule has 0 amide bonds. The average molecular weight is 247 g/mol. The molecule has 0 bridgehead atoms. The Kier molecular flexibility index (Phi) is 3.76. The molecular weight excluding hydrogens is 230 g/mol. The highest BCUT2D eigenvalue weighted by Gasteiger charge is 2.09. The molecule has 3 nitrogen and oxygen atoms in total. The highest BCUT2D eigenvalue weighted by molar-refractivity contribution is 7.09. The number of hydrogen-bond donors (Lipinski definition) is 2. The minimum absolute atomic E-state index is 0.258. The fraction of sp³-hybridized carbons (Fsp3) is 0.308. The zero-order valence-electron chi connectivity index (χ0n) is 10.1. The average Bonchev–Trinajstić information content (AvgIpc) is 2.74. The highest BCUT2D eigenvalue weighted by Crippen LogP contribution is 2.18. The molecule has 2 aromatic rings. The van der Waals surface area contributed by atoms with E-state index in [4.69, 9.17) is 5.73 Å². The monoisotopic (exact) mass is 247 g/mol. The number of benzene rings is 1. The summed E-state index contributed by atoms with van der Waals surface area (Å²) in [5.74, 6) is 0. The minimum Gasteiger partial charge on any atom is -0.398 e. The number of rotatable bonds is 4. The maximum atomic E-state index is 5.90. The van der Waals surface area contributed by atoms with Crippen molar-refractivity contribution in [2.75, 3.05) is 5.73 Å². The molecule has 0 saturated carbocycles. The number of nitrogens with one attached hydrogen (secondary N) is 1. The summed E-state index contributed by atoms with van der Waals surface area (Å²) in [6, 6.07) is 8.18. The molecule has 0 fully saturated rings. The largest absolute Gasteiger partial charge is 0.398 e. The van der Waals surface area contributed by atoms with Crippen molar-refractivity contribution in [1.82, 2.24) is 10.3 Å². The molecule has 0 aliphatic heterocycles. The lowest BCUT2D eigenvalue weighted by Crippen LogP contribution is -2.18. The van der Waals surface area contributed by atoms with Crippen molar-refractivity contribution in [2.24, 2.45) is 0 Å². The van der Waals surface area contributed by atoms with Gasteiger partial charge in [-0.05, 0) is 25.5 Å². The Morgan fingerprint density at radius 3 is 2.82 bits per heavy atom. The third-order valence-electron chi connectivity index (χ3n) is 2.66.